The summed E-state index contributed by atoms with van der Waals surface area (Å²) in [5.74, 6) is -0.289. The Hall–Kier alpha value is -1.45. The predicted molar refractivity (Wildman–Crippen MR) is 96.0 cm³/mol. The van der Waals surface area contributed by atoms with E-state index in [1.54, 1.807) is 61.5 Å². The number of carbonyl (C=O) groups excluding carboxylic acids is 1. The number of benzene rings is 2. The van der Waals surface area contributed by atoms with Gasteiger partial charge in [-0.25, -0.2) is 0 Å². The molecule has 0 aliphatic heterocycles. The molecule has 0 saturated heterocycles. The smallest absolute Gasteiger partial charge is 0.267 e. The zero-order valence-corrected chi connectivity index (χ0v) is 15.3. The van der Waals surface area contributed by atoms with E-state index in [0.29, 0.717) is 15.9 Å². The van der Waals surface area contributed by atoms with Gasteiger partial charge in [0.25, 0.3) is 7.37 Å². The van der Waals surface area contributed by atoms with Gasteiger partial charge in [-0.15, -0.1) is 0 Å². The number of aliphatic hydroxyl groups is 1. The zero-order valence-electron chi connectivity index (χ0n) is 13.6. The van der Waals surface area contributed by atoms with Crippen LogP contribution in [0.25, 0.3) is 0 Å². The number of hydrogen-bond donors (Lipinski definition) is 1. The number of carbonyl (C=O) groups is 1. The van der Waals surface area contributed by atoms with Gasteiger partial charge in [0.15, 0.2) is 5.34 Å². The minimum atomic E-state index is -3.79. The maximum Gasteiger partial charge on any atom is 0.267 e. The molecule has 0 amide bonds. The third-order valence-electron chi connectivity index (χ3n) is 3.70. The molecule has 0 heterocycles. The first-order valence-corrected chi connectivity index (χ1v) is 9.62. The third-order valence-corrected chi connectivity index (χ3v) is 6.94. The molecule has 2 aromatic carbocycles. The number of hydrogen-bond acceptors (Lipinski definition) is 4. The summed E-state index contributed by atoms with van der Waals surface area (Å²) in [4.78, 5) is 11.8. The van der Waals surface area contributed by atoms with Crippen LogP contribution in [0.15, 0.2) is 54.6 Å². The van der Waals surface area contributed by atoms with Crippen LogP contribution in [-0.2, 0) is 19.2 Å². The lowest BCUT2D eigenvalue weighted by Gasteiger charge is -2.35. The molecule has 2 atom stereocenters. The Morgan fingerprint density at radius 2 is 1.75 bits per heavy atom. The first kappa shape index (κ1) is 18.9. The molecule has 6 heteroatoms. The average molecular weight is 367 g/mol. The number of halogens is 1. The molecule has 0 fully saturated rings. The lowest BCUT2D eigenvalue weighted by atomic mass is 10.0. The van der Waals surface area contributed by atoms with E-state index in [0.717, 1.165) is 0 Å². The third kappa shape index (κ3) is 3.62. The van der Waals surface area contributed by atoms with Gasteiger partial charge in [0.1, 0.15) is 5.78 Å². The Balaban J connectivity index is 2.69. The van der Waals surface area contributed by atoms with Crippen molar-refractivity contribution in [2.75, 3.05) is 6.61 Å². The molecule has 128 valence electrons. The van der Waals surface area contributed by atoms with Crippen LogP contribution in [-0.4, -0.2) is 17.5 Å². The van der Waals surface area contributed by atoms with E-state index in [2.05, 4.69) is 0 Å². The zero-order chi connectivity index (χ0) is 17.8. The fourth-order valence-corrected chi connectivity index (χ4v) is 5.40. The molecule has 0 aromatic heterocycles. The highest BCUT2D eigenvalue weighted by atomic mass is 35.5. The molecule has 1 N–H and O–H groups in total. The van der Waals surface area contributed by atoms with Gasteiger partial charge in [0.05, 0.1) is 6.61 Å². The highest BCUT2D eigenvalue weighted by Gasteiger charge is 2.51. The van der Waals surface area contributed by atoms with E-state index in [4.69, 9.17) is 16.1 Å². The van der Waals surface area contributed by atoms with E-state index >= 15 is 0 Å². The van der Waals surface area contributed by atoms with Crippen molar-refractivity contribution in [1.82, 2.24) is 0 Å². The second-order valence-corrected chi connectivity index (χ2v) is 8.56. The average Bonchev–Trinajstić information content (AvgIpc) is 2.55. The van der Waals surface area contributed by atoms with E-state index in [9.17, 15) is 14.5 Å². The summed E-state index contributed by atoms with van der Waals surface area (Å²) in [6, 6.07) is 14.8. The molecule has 0 unspecified atom stereocenters. The quantitative estimate of drug-likeness (QED) is 0.749. The second-order valence-electron chi connectivity index (χ2n) is 5.51. The Bertz CT molecular complexity index is 745. The normalized spacial score (nSPS) is 16.2. The highest BCUT2D eigenvalue weighted by molar-refractivity contribution is 7.67. The van der Waals surface area contributed by atoms with Crippen molar-refractivity contribution < 1.29 is 19.0 Å². The standard InChI is InChI=1S/C18H20ClO4P/c1-3-23-24(22,17-7-5-4-6-8-17)18(21,13-14(2)20)15-9-11-16(19)12-10-15/h4-12,21H,3,13H2,1-2H3/t18-,24-/m1/s1. The monoisotopic (exact) mass is 366 g/mol. The molecule has 0 aliphatic rings. The number of ketones is 1. The fraction of sp³-hybridized carbons (Fsp3) is 0.278. The van der Waals surface area contributed by atoms with Crippen molar-refractivity contribution in [3.8, 4) is 0 Å². The van der Waals surface area contributed by atoms with Gasteiger partial charge < -0.3 is 9.63 Å². The first-order chi connectivity index (χ1) is 11.3. The summed E-state index contributed by atoms with van der Waals surface area (Å²) in [5.41, 5.74) is 0.336. The van der Waals surface area contributed by atoms with Crippen LogP contribution in [0.4, 0.5) is 0 Å². The van der Waals surface area contributed by atoms with Crippen LogP contribution in [0, 0.1) is 0 Å². The SMILES string of the molecule is CCO[P@](=O)(c1ccccc1)[C@](O)(CC(C)=O)c1ccc(Cl)cc1. The van der Waals surface area contributed by atoms with Crippen LogP contribution in [0.2, 0.25) is 5.02 Å². The van der Waals surface area contributed by atoms with E-state index in [-0.39, 0.29) is 18.8 Å². The van der Waals surface area contributed by atoms with Crippen molar-refractivity contribution in [3.63, 3.8) is 0 Å². The molecule has 2 rings (SSSR count). The van der Waals surface area contributed by atoms with Crippen LogP contribution < -0.4 is 5.30 Å². The summed E-state index contributed by atoms with van der Waals surface area (Å²) < 4.78 is 19.4. The first-order valence-electron chi connectivity index (χ1n) is 7.61. The molecular weight excluding hydrogens is 347 g/mol. The van der Waals surface area contributed by atoms with Crippen LogP contribution in [0.5, 0.6) is 0 Å². The van der Waals surface area contributed by atoms with Crippen molar-refractivity contribution >= 4 is 30.1 Å². The van der Waals surface area contributed by atoms with Gasteiger partial charge in [-0.2, -0.15) is 0 Å². The molecule has 0 bridgehead atoms. The maximum absolute atomic E-state index is 13.8. The molecule has 0 aliphatic carbocycles. The molecule has 0 spiro atoms. The van der Waals surface area contributed by atoms with Crippen LogP contribution >= 0.6 is 19.0 Å². The van der Waals surface area contributed by atoms with Crippen molar-refractivity contribution in [3.05, 3.63) is 65.2 Å². The summed E-state index contributed by atoms with van der Waals surface area (Å²) >= 11 is 5.91. The Morgan fingerprint density at radius 3 is 2.25 bits per heavy atom. The van der Waals surface area contributed by atoms with Gasteiger partial charge in [-0.1, -0.05) is 41.9 Å². The minimum Gasteiger partial charge on any atom is -0.374 e. The predicted octanol–water partition coefficient (Wildman–Crippen LogP) is 4.10. The molecule has 4 nitrogen and oxygen atoms in total. The van der Waals surface area contributed by atoms with Crippen LogP contribution in [0.3, 0.4) is 0 Å². The number of rotatable bonds is 7. The van der Waals surface area contributed by atoms with Gasteiger partial charge in [-0.05, 0) is 43.7 Å². The lowest BCUT2D eigenvalue weighted by molar-refractivity contribution is -0.120. The van der Waals surface area contributed by atoms with E-state index < -0.39 is 12.7 Å². The lowest BCUT2D eigenvalue weighted by Crippen LogP contribution is -2.34. The molecule has 0 radical (unpaired) electrons. The second kappa shape index (κ2) is 7.62. The Labute approximate surface area is 146 Å². The topological polar surface area (TPSA) is 63.6 Å². The van der Waals surface area contributed by atoms with Crippen molar-refractivity contribution in [2.24, 2.45) is 0 Å². The molecular formula is C18H20ClO4P. The van der Waals surface area contributed by atoms with E-state index in [1.165, 1.54) is 6.92 Å². The summed E-state index contributed by atoms with van der Waals surface area (Å²) in [5, 5.41) is 10.3. The van der Waals surface area contributed by atoms with Crippen LogP contribution in [0.1, 0.15) is 25.8 Å². The largest absolute Gasteiger partial charge is 0.374 e. The van der Waals surface area contributed by atoms with E-state index in [1.807, 2.05) is 0 Å². The van der Waals surface area contributed by atoms with Gasteiger partial charge >= 0.3 is 0 Å². The molecule has 24 heavy (non-hydrogen) atoms. The Morgan fingerprint density at radius 1 is 1.17 bits per heavy atom. The highest BCUT2D eigenvalue weighted by Crippen LogP contribution is 2.63. The summed E-state index contributed by atoms with van der Waals surface area (Å²) in [7, 11) is -3.79. The van der Waals surface area contributed by atoms with Crippen molar-refractivity contribution in [2.45, 2.75) is 25.6 Å². The maximum atomic E-state index is 13.8. The van der Waals surface area contributed by atoms with Gasteiger partial charge in [0.2, 0.25) is 0 Å². The van der Waals surface area contributed by atoms with Gasteiger partial charge in [-0.3, -0.25) is 9.36 Å². The fourth-order valence-electron chi connectivity index (χ4n) is 2.64. The summed E-state index contributed by atoms with van der Waals surface area (Å²) in [6.45, 7) is 3.19. The molecule has 2 aromatic rings. The number of Topliss-reactive ketones (excluding diaryl/α,β-unsaturated/α-hetero) is 1. The van der Waals surface area contributed by atoms with Gasteiger partial charge in [0, 0.05) is 16.7 Å². The molecule has 0 saturated carbocycles. The minimum absolute atomic E-state index is 0.139. The Kier molecular flexibility index (Phi) is 6.00. The summed E-state index contributed by atoms with van der Waals surface area (Å²) in [6.07, 6.45) is -0.319. The van der Waals surface area contributed by atoms with Crippen molar-refractivity contribution in [1.29, 1.82) is 0 Å².